The van der Waals surface area contributed by atoms with E-state index in [0.717, 1.165) is 45.1 Å². The Morgan fingerprint density at radius 1 is 1.23 bits per heavy atom. The number of fused-ring (bicyclic) bond motifs is 1. The van der Waals surface area contributed by atoms with Crippen LogP contribution in [0.4, 0.5) is 0 Å². The van der Waals surface area contributed by atoms with Crippen molar-refractivity contribution in [3.05, 3.63) is 27.7 Å². The average molecular weight is 445 g/mol. The number of nitrogens with zero attached hydrogens (tertiary/aromatic N) is 4. The van der Waals surface area contributed by atoms with Crippen molar-refractivity contribution in [2.75, 3.05) is 19.4 Å². The molecule has 0 bridgehead atoms. The van der Waals surface area contributed by atoms with E-state index in [4.69, 9.17) is 4.74 Å². The lowest BCUT2D eigenvalue weighted by Gasteiger charge is -2.35. The second-order valence-electron chi connectivity index (χ2n) is 8.24. The van der Waals surface area contributed by atoms with E-state index in [-0.39, 0.29) is 28.7 Å². The molecule has 1 amide bonds. The highest BCUT2D eigenvalue weighted by Crippen LogP contribution is 2.39. The largest absolute Gasteiger partial charge is 0.465 e. The monoisotopic (exact) mass is 444 g/mol. The van der Waals surface area contributed by atoms with Crippen LogP contribution >= 0.6 is 11.8 Å². The topological polar surface area (TPSA) is 94.4 Å². The summed E-state index contributed by atoms with van der Waals surface area (Å²) in [5.74, 6) is -0.264. The van der Waals surface area contributed by atoms with Gasteiger partial charge in [0, 0.05) is 24.3 Å². The minimum absolute atomic E-state index is 0.0840. The van der Waals surface area contributed by atoms with Crippen LogP contribution in [0.5, 0.6) is 0 Å². The summed E-state index contributed by atoms with van der Waals surface area (Å²) in [5.41, 5.74) is 0.740. The number of carbonyl (C=O) groups is 2. The first kappa shape index (κ1) is 21.8. The van der Waals surface area contributed by atoms with Crippen molar-refractivity contribution in [1.82, 2.24) is 19.4 Å². The highest BCUT2D eigenvalue weighted by atomic mass is 32.2. The maximum absolute atomic E-state index is 12.9. The zero-order valence-electron chi connectivity index (χ0n) is 18.2. The maximum Gasteiger partial charge on any atom is 0.338 e. The zero-order chi connectivity index (χ0) is 22.1. The van der Waals surface area contributed by atoms with Gasteiger partial charge < -0.3 is 14.2 Å². The molecule has 2 aliphatic rings. The molecule has 8 nitrogen and oxygen atoms in total. The Morgan fingerprint density at radius 3 is 2.68 bits per heavy atom. The third-order valence-electron chi connectivity index (χ3n) is 6.03. The lowest BCUT2D eigenvalue weighted by molar-refractivity contribution is -0.132. The lowest BCUT2D eigenvalue weighted by atomic mass is 10.0. The summed E-state index contributed by atoms with van der Waals surface area (Å²) in [6.07, 6.45) is 6.11. The molecule has 166 valence electrons. The summed E-state index contributed by atoms with van der Waals surface area (Å²) in [6, 6.07) is 2.03. The van der Waals surface area contributed by atoms with Crippen LogP contribution in [0.3, 0.4) is 0 Å². The van der Waals surface area contributed by atoms with Gasteiger partial charge in [0.1, 0.15) is 5.65 Å². The van der Waals surface area contributed by atoms with E-state index in [9.17, 15) is 14.4 Å². The molecule has 31 heavy (non-hydrogen) atoms. The van der Waals surface area contributed by atoms with Gasteiger partial charge in [-0.1, -0.05) is 18.7 Å². The summed E-state index contributed by atoms with van der Waals surface area (Å²) in [7, 11) is 1.29. The fraction of sp³-hybridized carbons (Fsp3) is 0.591. The minimum Gasteiger partial charge on any atom is -0.465 e. The van der Waals surface area contributed by atoms with Crippen molar-refractivity contribution in [2.45, 2.75) is 69.6 Å². The molecule has 2 aromatic rings. The van der Waals surface area contributed by atoms with Crippen LogP contribution in [0.2, 0.25) is 0 Å². The average Bonchev–Trinajstić information content (AvgIpc) is 3.61. The predicted octanol–water partition coefficient (Wildman–Crippen LogP) is 3.10. The van der Waals surface area contributed by atoms with Crippen molar-refractivity contribution < 1.29 is 14.3 Å². The summed E-state index contributed by atoms with van der Waals surface area (Å²) in [6.45, 7) is 4.69. The van der Waals surface area contributed by atoms with E-state index >= 15 is 0 Å². The van der Waals surface area contributed by atoms with Gasteiger partial charge >= 0.3 is 5.97 Å². The van der Waals surface area contributed by atoms with Gasteiger partial charge in [-0.2, -0.15) is 4.98 Å². The van der Waals surface area contributed by atoms with Crippen molar-refractivity contribution >= 4 is 34.7 Å². The van der Waals surface area contributed by atoms with Crippen LogP contribution in [0, 0.1) is 6.92 Å². The van der Waals surface area contributed by atoms with Gasteiger partial charge in [-0.25, -0.2) is 9.78 Å². The van der Waals surface area contributed by atoms with Gasteiger partial charge in [-0.15, -0.1) is 0 Å². The van der Waals surface area contributed by atoms with E-state index in [1.165, 1.54) is 18.9 Å². The molecule has 0 N–H and O–H groups in total. The van der Waals surface area contributed by atoms with Crippen molar-refractivity contribution in [3.63, 3.8) is 0 Å². The Bertz CT molecular complexity index is 1080. The summed E-state index contributed by atoms with van der Waals surface area (Å²) in [5, 5.41) is 0.675. The van der Waals surface area contributed by atoms with Gasteiger partial charge in [0.05, 0.1) is 23.8 Å². The van der Waals surface area contributed by atoms with E-state index in [0.29, 0.717) is 22.5 Å². The second-order valence-corrected chi connectivity index (χ2v) is 9.18. The molecule has 1 saturated heterocycles. The van der Waals surface area contributed by atoms with Crippen molar-refractivity contribution in [3.8, 4) is 0 Å². The predicted molar refractivity (Wildman–Crippen MR) is 119 cm³/mol. The molecule has 1 aliphatic heterocycles. The number of thioether (sulfide) groups is 1. The molecule has 0 aromatic carbocycles. The highest BCUT2D eigenvalue weighted by molar-refractivity contribution is 7.99. The zero-order valence-corrected chi connectivity index (χ0v) is 19.0. The number of rotatable bonds is 6. The Labute approximate surface area is 185 Å². The summed E-state index contributed by atoms with van der Waals surface area (Å²) < 4.78 is 6.80. The maximum atomic E-state index is 12.9. The van der Waals surface area contributed by atoms with Crippen LogP contribution in [0.15, 0.2) is 16.0 Å². The van der Waals surface area contributed by atoms with E-state index in [2.05, 4.69) is 16.9 Å². The standard InChI is InChI=1S/C22H28N4O4S/c1-4-14-7-5-6-10-25(14)17(27)12-31-22-24-20(28)18-16(21(29)30-3)11-13(2)23-19(18)26(22)15-8-9-15/h11,14-15H,4-10,12H2,1-3H3. The molecule has 0 radical (unpaired) electrons. The third kappa shape index (κ3) is 4.33. The first-order chi connectivity index (χ1) is 14.9. The Kier molecular flexibility index (Phi) is 6.31. The van der Waals surface area contributed by atoms with E-state index in [1.807, 2.05) is 9.47 Å². The second kappa shape index (κ2) is 8.98. The van der Waals surface area contributed by atoms with Crippen molar-refractivity contribution in [2.24, 2.45) is 0 Å². The molecule has 3 heterocycles. The van der Waals surface area contributed by atoms with Gasteiger partial charge in [0.25, 0.3) is 5.56 Å². The Morgan fingerprint density at radius 2 is 2.00 bits per heavy atom. The van der Waals surface area contributed by atoms with Gasteiger partial charge in [0.15, 0.2) is 5.16 Å². The SMILES string of the molecule is CCC1CCCCN1C(=O)CSc1nc(=O)c2c(C(=O)OC)cc(C)nc2n1C1CC1. The first-order valence-corrected chi connectivity index (χ1v) is 11.9. The number of likely N-dealkylation sites (tertiary alicyclic amines) is 1. The molecule has 1 saturated carbocycles. The molecule has 1 aliphatic carbocycles. The number of carbonyl (C=O) groups excluding carboxylic acids is 2. The molecule has 2 fully saturated rings. The van der Waals surface area contributed by atoms with E-state index < -0.39 is 11.5 Å². The number of pyridine rings is 1. The van der Waals surface area contributed by atoms with Gasteiger partial charge in [-0.3, -0.25) is 9.59 Å². The molecule has 4 rings (SSSR count). The number of aromatic nitrogens is 3. The minimum atomic E-state index is -0.581. The Hall–Kier alpha value is -2.42. The highest BCUT2D eigenvalue weighted by Gasteiger charge is 2.31. The smallest absolute Gasteiger partial charge is 0.338 e. The van der Waals surface area contributed by atoms with Crippen LogP contribution < -0.4 is 5.56 Å². The van der Waals surface area contributed by atoms with Crippen LogP contribution in [-0.4, -0.2) is 56.8 Å². The third-order valence-corrected chi connectivity index (χ3v) is 6.97. The van der Waals surface area contributed by atoms with Gasteiger partial charge in [0.2, 0.25) is 5.91 Å². The van der Waals surface area contributed by atoms with Crippen LogP contribution in [-0.2, 0) is 9.53 Å². The number of hydrogen-bond acceptors (Lipinski definition) is 7. The number of amides is 1. The normalized spacial score (nSPS) is 18.9. The molecule has 1 atom stereocenters. The number of ether oxygens (including phenoxy) is 1. The fourth-order valence-electron chi connectivity index (χ4n) is 4.33. The molecule has 0 spiro atoms. The van der Waals surface area contributed by atoms with Crippen molar-refractivity contribution in [1.29, 1.82) is 0 Å². The number of piperidine rings is 1. The molecular weight excluding hydrogens is 416 g/mol. The number of esters is 1. The Balaban J connectivity index is 1.70. The quantitative estimate of drug-likeness (QED) is 0.384. The molecule has 1 unspecified atom stereocenters. The summed E-state index contributed by atoms with van der Waals surface area (Å²) in [4.78, 5) is 49.0. The fourth-order valence-corrected chi connectivity index (χ4v) is 5.27. The molecule has 2 aromatic heterocycles. The number of hydrogen-bond donors (Lipinski definition) is 0. The van der Waals surface area contributed by atoms with Crippen LogP contribution in [0.1, 0.15) is 67.5 Å². The summed E-state index contributed by atoms with van der Waals surface area (Å²) >= 11 is 1.29. The van der Waals surface area contributed by atoms with Crippen LogP contribution in [0.25, 0.3) is 11.0 Å². The first-order valence-electron chi connectivity index (χ1n) is 10.9. The molecule has 9 heteroatoms. The van der Waals surface area contributed by atoms with Gasteiger partial charge in [-0.05, 0) is 51.5 Å². The van der Waals surface area contributed by atoms with E-state index in [1.54, 1.807) is 13.0 Å². The number of aryl methyl sites for hydroxylation is 1. The molecular formula is C22H28N4O4S. The lowest BCUT2D eigenvalue weighted by Crippen LogP contribution is -2.44. The number of methoxy groups -OCH3 is 1.